The monoisotopic (exact) mass is 476 g/mol. The number of nitrogens with zero attached hydrogens (tertiary/aromatic N) is 3. The van der Waals surface area contributed by atoms with E-state index in [-0.39, 0.29) is 28.4 Å². The number of sulfone groups is 1. The van der Waals surface area contributed by atoms with Gasteiger partial charge in [-0.3, -0.25) is 9.78 Å². The number of benzene rings is 2. The fourth-order valence-electron chi connectivity index (χ4n) is 3.45. The number of pyridine rings is 1. The molecule has 34 heavy (non-hydrogen) atoms. The summed E-state index contributed by atoms with van der Waals surface area (Å²) in [4.78, 5) is 21.7. The maximum atomic E-state index is 13.0. The van der Waals surface area contributed by atoms with Gasteiger partial charge in [-0.15, -0.1) is 0 Å². The van der Waals surface area contributed by atoms with E-state index in [4.69, 9.17) is 4.52 Å². The van der Waals surface area contributed by atoms with Gasteiger partial charge in [-0.2, -0.15) is 4.98 Å². The summed E-state index contributed by atoms with van der Waals surface area (Å²) in [7, 11) is -3.53. The zero-order valence-corrected chi connectivity index (χ0v) is 19.6. The Morgan fingerprint density at radius 1 is 1.00 bits per heavy atom. The molecule has 8 nitrogen and oxygen atoms in total. The molecule has 174 valence electrons. The molecule has 0 fully saturated rings. The molecule has 2 heterocycles. The largest absolute Gasteiger partial charge is 0.340 e. The SMILES string of the molecule is CC(C)C(NC(=O)c1cccc(CS(=O)(=O)c2ccccc2)c1)c1nc(-c2ccncc2)no1. The molecule has 0 bridgehead atoms. The fraction of sp³-hybridized carbons (Fsp3) is 0.200. The number of aromatic nitrogens is 3. The zero-order chi connectivity index (χ0) is 24.1. The first kappa shape index (κ1) is 23.3. The number of carbonyl (C=O) groups excluding carboxylic acids is 1. The highest BCUT2D eigenvalue weighted by atomic mass is 32.2. The predicted molar refractivity (Wildman–Crippen MR) is 126 cm³/mol. The lowest BCUT2D eigenvalue weighted by molar-refractivity contribution is 0.0914. The number of hydrogen-bond acceptors (Lipinski definition) is 7. The minimum absolute atomic E-state index is 0.0312. The van der Waals surface area contributed by atoms with Crippen LogP contribution in [0.2, 0.25) is 0 Å². The quantitative estimate of drug-likeness (QED) is 0.405. The molecule has 0 saturated heterocycles. The molecule has 0 aliphatic rings. The molecule has 0 aliphatic heterocycles. The molecule has 1 amide bonds. The van der Waals surface area contributed by atoms with Gasteiger partial charge in [0.25, 0.3) is 5.91 Å². The molecule has 2 aromatic carbocycles. The summed E-state index contributed by atoms with van der Waals surface area (Å²) in [5.41, 5.74) is 1.63. The Labute approximate surface area is 198 Å². The molecule has 1 atom stereocenters. The average molecular weight is 477 g/mol. The number of amides is 1. The lowest BCUT2D eigenvalue weighted by Crippen LogP contribution is -2.32. The first-order valence-electron chi connectivity index (χ1n) is 10.7. The molecular weight excluding hydrogens is 452 g/mol. The van der Waals surface area contributed by atoms with Crippen LogP contribution in [0.1, 0.15) is 41.7 Å². The Morgan fingerprint density at radius 2 is 1.74 bits per heavy atom. The van der Waals surface area contributed by atoms with Crippen LogP contribution in [0.25, 0.3) is 11.4 Å². The van der Waals surface area contributed by atoms with Crippen molar-refractivity contribution in [1.29, 1.82) is 0 Å². The molecule has 0 saturated carbocycles. The molecule has 9 heteroatoms. The van der Waals surface area contributed by atoms with Gasteiger partial charge in [0.15, 0.2) is 9.84 Å². The maximum Gasteiger partial charge on any atom is 0.251 e. The van der Waals surface area contributed by atoms with E-state index in [1.165, 1.54) is 0 Å². The Bertz CT molecular complexity index is 1370. The van der Waals surface area contributed by atoms with Gasteiger partial charge in [0, 0.05) is 23.5 Å². The molecule has 0 radical (unpaired) electrons. The van der Waals surface area contributed by atoms with Gasteiger partial charge < -0.3 is 9.84 Å². The topological polar surface area (TPSA) is 115 Å². The van der Waals surface area contributed by atoms with Crippen LogP contribution in [0.5, 0.6) is 0 Å². The van der Waals surface area contributed by atoms with Crippen LogP contribution in [0.3, 0.4) is 0 Å². The molecule has 0 aliphatic carbocycles. The van der Waals surface area contributed by atoms with E-state index in [2.05, 4.69) is 20.4 Å². The summed E-state index contributed by atoms with van der Waals surface area (Å²) < 4.78 is 30.9. The second kappa shape index (κ2) is 9.96. The van der Waals surface area contributed by atoms with Crippen molar-refractivity contribution in [3.05, 3.63) is 96.1 Å². The van der Waals surface area contributed by atoms with E-state index in [0.717, 1.165) is 5.56 Å². The third-order valence-corrected chi connectivity index (χ3v) is 6.95. The number of carbonyl (C=O) groups is 1. The Balaban J connectivity index is 1.52. The van der Waals surface area contributed by atoms with Crippen LogP contribution >= 0.6 is 0 Å². The van der Waals surface area contributed by atoms with Crippen LogP contribution in [0, 0.1) is 5.92 Å². The highest BCUT2D eigenvalue weighted by Gasteiger charge is 2.26. The highest BCUT2D eigenvalue weighted by molar-refractivity contribution is 7.90. The van der Waals surface area contributed by atoms with Crippen molar-refractivity contribution in [3.8, 4) is 11.4 Å². The van der Waals surface area contributed by atoms with Gasteiger partial charge in [-0.25, -0.2) is 8.42 Å². The molecular formula is C25H24N4O4S. The van der Waals surface area contributed by atoms with Crippen LogP contribution in [0.15, 0.2) is 88.5 Å². The number of nitrogens with one attached hydrogen (secondary N) is 1. The lowest BCUT2D eigenvalue weighted by Gasteiger charge is -2.18. The van der Waals surface area contributed by atoms with E-state index in [1.807, 2.05) is 13.8 Å². The van der Waals surface area contributed by atoms with Crippen molar-refractivity contribution in [1.82, 2.24) is 20.4 Å². The normalized spacial score (nSPS) is 12.4. The van der Waals surface area contributed by atoms with Gasteiger partial charge >= 0.3 is 0 Å². The van der Waals surface area contributed by atoms with Crippen molar-refractivity contribution in [2.24, 2.45) is 5.92 Å². The minimum atomic E-state index is -3.53. The Kier molecular flexibility index (Phi) is 6.83. The third kappa shape index (κ3) is 5.37. The smallest absolute Gasteiger partial charge is 0.251 e. The number of hydrogen-bond donors (Lipinski definition) is 1. The van der Waals surface area contributed by atoms with Crippen LogP contribution in [0.4, 0.5) is 0 Å². The molecule has 1 unspecified atom stereocenters. The lowest BCUT2D eigenvalue weighted by atomic mass is 10.0. The van der Waals surface area contributed by atoms with E-state index < -0.39 is 15.9 Å². The van der Waals surface area contributed by atoms with Crippen LogP contribution < -0.4 is 5.32 Å². The average Bonchev–Trinajstić information content (AvgIpc) is 3.33. The second-order valence-electron chi connectivity index (χ2n) is 8.16. The molecule has 4 rings (SSSR count). The van der Waals surface area contributed by atoms with Crippen molar-refractivity contribution >= 4 is 15.7 Å². The van der Waals surface area contributed by atoms with Gasteiger partial charge in [-0.05, 0) is 47.9 Å². The van der Waals surface area contributed by atoms with Crippen LogP contribution in [-0.4, -0.2) is 29.4 Å². The van der Waals surface area contributed by atoms with E-state index in [0.29, 0.717) is 17.0 Å². The first-order valence-corrected chi connectivity index (χ1v) is 12.4. The summed E-state index contributed by atoms with van der Waals surface area (Å²) in [5.74, 6) is 0.103. The van der Waals surface area contributed by atoms with Crippen molar-refractivity contribution in [2.75, 3.05) is 0 Å². The van der Waals surface area contributed by atoms with E-state index in [9.17, 15) is 13.2 Å². The van der Waals surface area contributed by atoms with Crippen molar-refractivity contribution in [3.63, 3.8) is 0 Å². The highest BCUT2D eigenvalue weighted by Crippen LogP contribution is 2.24. The molecule has 0 spiro atoms. The van der Waals surface area contributed by atoms with Gasteiger partial charge in [0.2, 0.25) is 11.7 Å². The Hall–Kier alpha value is -3.85. The summed E-state index contributed by atoms with van der Waals surface area (Å²) in [6, 6.07) is 17.9. The van der Waals surface area contributed by atoms with Crippen molar-refractivity contribution < 1.29 is 17.7 Å². The summed E-state index contributed by atoms with van der Waals surface area (Å²) >= 11 is 0. The summed E-state index contributed by atoms with van der Waals surface area (Å²) in [6.07, 6.45) is 3.27. The first-order chi connectivity index (χ1) is 16.3. The predicted octanol–water partition coefficient (Wildman–Crippen LogP) is 4.23. The standard InChI is InChI=1S/C25H24N4O4S/c1-17(2)22(25-28-23(29-33-25)19-11-13-26-14-12-19)27-24(30)20-8-6-7-18(15-20)16-34(31,32)21-9-4-3-5-10-21/h3-15,17,22H,16H2,1-2H3,(H,27,30). The molecule has 2 aromatic heterocycles. The maximum absolute atomic E-state index is 13.0. The van der Waals surface area contributed by atoms with Gasteiger partial charge in [0.1, 0.15) is 6.04 Å². The number of rotatable bonds is 8. The Morgan fingerprint density at radius 3 is 2.44 bits per heavy atom. The van der Waals surface area contributed by atoms with Crippen molar-refractivity contribution in [2.45, 2.75) is 30.5 Å². The van der Waals surface area contributed by atoms with Gasteiger partial charge in [-0.1, -0.05) is 49.3 Å². The molecule has 1 N–H and O–H groups in total. The van der Waals surface area contributed by atoms with E-state index >= 15 is 0 Å². The van der Waals surface area contributed by atoms with Gasteiger partial charge in [0.05, 0.1) is 10.6 Å². The molecule has 4 aromatic rings. The minimum Gasteiger partial charge on any atom is -0.340 e. The second-order valence-corrected chi connectivity index (χ2v) is 10.1. The summed E-state index contributed by atoms with van der Waals surface area (Å²) in [6.45, 7) is 3.87. The summed E-state index contributed by atoms with van der Waals surface area (Å²) in [5, 5.41) is 6.96. The van der Waals surface area contributed by atoms with E-state index in [1.54, 1.807) is 79.1 Å². The third-order valence-electron chi connectivity index (χ3n) is 5.25. The van der Waals surface area contributed by atoms with Crippen LogP contribution in [-0.2, 0) is 15.6 Å². The zero-order valence-electron chi connectivity index (χ0n) is 18.8. The fourth-order valence-corrected chi connectivity index (χ4v) is 4.81.